The predicted octanol–water partition coefficient (Wildman–Crippen LogP) is 6.03. The molecule has 1 aliphatic rings. The quantitative estimate of drug-likeness (QED) is 0.633. The zero-order chi connectivity index (χ0) is 15.4. The van der Waals surface area contributed by atoms with E-state index in [0.717, 1.165) is 17.5 Å². The van der Waals surface area contributed by atoms with Gasteiger partial charge in [0.15, 0.2) is 0 Å². The summed E-state index contributed by atoms with van der Waals surface area (Å²) < 4.78 is 13.0. The molecule has 2 aromatic carbocycles. The SMILES string of the molecule is CC1\C=C/C=C(c2ccc(-c3ccc(F)cc3)cc2)\C=C\C1. The fourth-order valence-corrected chi connectivity index (χ4v) is 2.58. The normalized spacial score (nSPS) is 23.0. The molecule has 0 radical (unpaired) electrons. The molecule has 22 heavy (non-hydrogen) atoms. The molecule has 110 valence electrons. The summed E-state index contributed by atoms with van der Waals surface area (Å²) in [4.78, 5) is 0. The molecule has 1 heteroatoms. The molecule has 0 bridgehead atoms. The highest BCUT2D eigenvalue weighted by molar-refractivity contribution is 5.77. The average molecular weight is 290 g/mol. The first kappa shape index (κ1) is 14.5. The van der Waals surface area contributed by atoms with Crippen LogP contribution in [0.1, 0.15) is 18.9 Å². The van der Waals surface area contributed by atoms with E-state index in [0.29, 0.717) is 5.92 Å². The standard InChI is InChI=1S/C21H19F/c1-16-4-2-6-17(7-3-5-16)18-8-10-19(11-9-18)20-12-14-21(22)15-13-20/h2-4,6-16H,5H2,1H3/b4-2-,7-3+,17-6+. The maximum Gasteiger partial charge on any atom is 0.123 e. The van der Waals surface area contributed by atoms with Gasteiger partial charge in [-0.15, -0.1) is 0 Å². The predicted molar refractivity (Wildman–Crippen MR) is 91.9 cm³/mol. The van der Waals surface area contributed by atoms with E-state index in [-0.39, 0.29) is 5.82 Å². The van der Waals surface area contributed by atoms with Crippen LogP contribution < -0.4 is 0 Å². The second-order valence-corrected chi connectivity index (χ2v) is 5.71. The molecule has 0 amide bonds. The summed E-state index contributed by atoms with van der Waals surface area (Å²) in [5, 5.41) is 0. The molecule has 0 saturated heterocycles. The van der Waals surface area contributed by atoms with E-state index in [9.17, 15) is 4.39 Å². The minimum atomic E-state index is -0.203. The molecule has 0 spiro atoms. The van der Waals surface area contributed by atoms with Gasteiger partial charge in [-0.3, -0.25) is 0 Å². The van der Waals surface area contributed by atoms with Crippen molar-refractivity contribution in [3.05, 3.63) is 90.3 Å². The topological polar surface area (TPSA) is 0 Å². The maximum atomic E-state index is 13.0. The van der Waals surface area contributed by atoms with Gasteiger partial charge in [0.25, 0.3) is 0 Å². The Bertz CT molecular complexity index is 716. The van der Waals surface area contributed by atoms with Crippen molar-refractivity contribution in [1.82, 2.24) is 0 Å². The highest BCUT2D eigenvalue weighted by Gasteiger charge is 2.03. The molecule has 0 heterocycles. The Balaban J connectivity index is 1.86. The van der Waals surface area contributed by atoms with Crippen LogP contribution in [-0.4, -0.2) is 0 Å². The summed E-state index contributed by atoms with van der Waals surface area (Å²) in [6.45, 7) is 2.22. The summed E-state index contributed by atoms with van der Waals surface area (Å²) in [5.41, 5.74) is 4.54. The Morgan fingerprint density at radius 1 is 0.864 bits per heavy atom. The number of hydrogen-bond donors (Lipinski definition) is 0. The van der Waals surface area contributed by atoms with Crippen molar-refractivity contribution in [1.29, 1.82) is 0 Å². The van der Waals surface area contributed by atoms with Crippen molar-refractivity contribution < 1.29 is 4.39 Å². The number of halogens is 1. The van der Waals surface area contributed by atoms with Crippen LogP contribution in [-0.2, 0) is 0 Å². The van der Waals surface area contributed by atoms with Gasteiger partial charge in [0.1, 0.15) is 5.82 Å². The van der Waals surface area contributed by atoms with Crippen LogP contribution in [0.2, 0.25) is 0 Å². The van der Waals surface area contributed by atoms with Crippen LogP contribution in [0.5, 0.6) is 0 Å². The molecule has 0 N–H and O–H groups in total. The largest absolute Gasteiger partial charge is 0.207 e. The Kier molecular flexibility index (Phi) is 4.34. The molecule has 2 aromatic rings. The van der Waals surface area contributed by atoms with E-state index >= 15 is 0 Å². The van der Waals surface area contributed by atoms with Crippen LogP contribution in [0, 0.1) is 11.7 Å². The van der Waals surface area contributed by atoms with Crippen LogP contribution in [0.3, 0.4) is 0 Å². The fourth-order valence-electron chi connectivity index (χ4n) is 2.58. The maximum absolute atomic E-state index is 13.0. The van der Waals surface area contributed by atoms with Crippen LogP contribution in [0.25, 0.3) is 16.7 Å². The highest BCUT2D eigenvalue weighted by atomic mass is 19.1. The van der Waals surface area contributed by atoms with Crippen molar-refractivity contribution in [2.45, 2.75) is 13.3 Å². The first-order valence-corrected chi connectivity index (χ1v) is 7.64. The summed E-state index contributed by atoms with van der Waals surface area (Å²) in [6, 6.07) is 15.0. The third-order valence-corrected chi connectivity index (χ3v) is 3.92. The van der Waals surface area contributed by atoms with Gasteiger partial charge in [-0.1, -0.05) is 73.7 Å². The third-order valence-electron chi connectivity index (χ3n) is 3.92. The molecule has 0 nitrogen and oxygen atoms in total. The van der Waals surface area contributed by atoms with Gasteiger partial charge in [0, 0.05) is 0 Å². The van der Waals surface area contributed by atoms with Crippen molar-refractivity contribution in [3.8, 4) is 11.1 Å². The summed E-state index contributed by atoms with van der Waals surface area (Å²) in [7, 11) is 0. The van der Waals surface area contributed by atoms with E-state index in [4.69, 9.17) is 0 Å². The van der Waals surface area contributed by atoms with Gasteiger partial charge >= 0.3 is 0 Å². The van der Waals surface area contributed by atoms with Gasteiger partial charge < -0.3 is 0 Å². The van der Waals surface area contributed by atoms with Crippen molar-refractivity contribution in [2.75, 3.05) is 0 Å². The molecule has 1 aliphatic carbocycles. The Morgan fingerprint density at radius 2 is 1.45 bits per heavy atom. The van der Waals surface area contributed by atoms with Crippen molar-refractivity contribution in [2.24, 2.45) is 5.92 Å². The smallest absolute Gasteiger partial charge is 0.123 e. The second kappa shape index (κ2) is 6.57. The zero-order valence-electron chi connectivity index (χ0n) is 12.7. The van der Waals surface area contributed by atoms with Gasteiger partial charge in [-0.2, -0.15) is 0 Å². The Hall–Kier alpha value is -2.41. The number of hydrogen-bond acceptors (Lipinski definition) is 0. The van der Waals surface area contributed by atoms with Gasteiger partial charge in [-0.25, -0.2) is 4.39 Å². The fraction of sp³-hybridized carbons (Fsp3) is 0.143. The Labute approximate surface area is 131 Å². The lowest BCUT2D eigenvalue weighted by Crippen LogP contribution is -1.89. The van der Waals surface area contributed by atoms with E-state index in [2.05, 4.69) is 61.6 Å². The highest BCUT2D eigenvalue weighted by Crippen LogP contribution is 2.24. The third kappa shape index (κ3) is 3.43. The van der Waals surface area contributed by atoms with E-state index < -0.39 is 0 Å². The lowest BCUT2D eigenvalue weighted by Gasteiger charge is -2.08. The number of allylic oxidation sites excluding steroid dienone is 6. The number of benzene rings is 2. The minimum Gasteiger partial charge on any atom is -0.207 e. The first-order valence-electron chi connectivity index (χ1n) is 7.64. The summed E-state index contributed by atoms with van der Waals surface area (Å²) in [6.07, 6.45) is 12.0. The van der Waals surface area contributed by atoms with Crippen molar-refractivity contribution >= 4 is 5.57 Å². The van der Waals surface area contributed by atoms with Crippen LogP contribution in [0.15, 0.2) is 78.9 Å². The number of rotatable bonds is 2. The lowest BCUT2D eigenvalue weighted by atomic mass is 9.97. The summed E-state index contributed by atoms with van der Waals surface area (Å²) >= 11 is 0. The zero-order valence-corrected chi connectivity index (χ0v) is 12.7. The minimum absolute atomic E-state index is 0.203. The summed E-state index contributed by atoms with van der Waals surface area (Å²) in [5.74, 6) is 0.390. The monoisotopic (exact) mass is 290 g/mol. The molecule has 0 aliphatic heterocycles. The molecule has 1 unspecified atom stereocenters. The van der Waals surface area contributed by atoms with Gasteiger partial charge in [0.05, 0.1) is 0 Å². The molecule has 0 fully saturated rings. The Morgan fingerprint density at radius 3 is 2.14 bits per heavy atom. The lowest BCUT2D eigenvalue weighted by molar-refractivity contribution is 0.628. The van der Waals surface area contributed by atoms with E-state index in [1.165, 1.54) is 23.3 Å². The second-order valence-electron chi connectivity index (χ2n) is 5.71. The van der Waals surface area contributed by atoms with Crippen LogP contribution >= 0.6 is 0 Å². The molecular weight excluding hydrogens is 271 g/mol. The van der Waals surface area contributed by atoms with E-state index in [1.807, 2.05) is 12.1 Å². The van der Waals surface area contributed by atoms with Crippen LogP contribution in [0.4, 0.5) is 4.39 Å². The molecule has 0 saturated carbocycles. The molecule has 3 rings (SSSR count). The average Bonchev–Trinajstić information content (AvgIpc) is 2.52. The van der Waals surface area contributed by atoms with Gasteiger partial charge in [-0.05, 0) is 46.7 Å². The molecule has 1 atom stereocenters. The van der Waals surface area contributed by atoms with Gasteiger partial charge in [0.2, 0.25) is 0 Å². The van der Waals surface area contributed by atoms with Crippen molar-refractivity contribution in [3.63, 3.8) is 0 Å². The first-order chi connectivity index (χ1) is 10.7. The molecule has 0 aromatic heterocycles. The molecular formula is C21H19F. The van der Waals surface area contributed by atoms with E-state index in [1.54, 1.807) is 0 Å².